The first-order valence-electron chi connectivity index (χ1n) is 13.4. The molecule has 40 heavy (non-hydrogen) atoms. The number of rotatable bonds is 12. The second kappa shape index (κ2) is 13.3. The van der Waals surface area contributed by atoms with Crippen molar-refractivity contribution in [3.63, 3.8) is 0 Å². The van der Waals surface area contributed by atoms with E-state index in [-0.39, 0.29) is 16.7 Å². The molecular weight excluding hydrogens is 592 g/mol. The molecule has 4 radical (unpaired) electrons. The van der Waals surface area contributed by atoms with E-state index in [2.05, 4.69) is 41.5 Å². The lowest BCUT2D eigenvalue weighted by Crippen LogP contribution is -2.50. The summed E-state index contributed by atoms with van der Waals surface area (Å²) in [6, 6.07) is -1.87. The van der Waals surface area contributed by atoms with E-state index in [1.807, 2.05) is 26.2 Å². The molecule has 228 valence electrons. The molecule has 17 heteroatoms. The summed E-state index contributed by atoms with van der Waals surface area (Å²) in [6.07, 6.45) is -5.51. The molecule has 2 saturated heterocycles. The normalized spacial score (nSPS) is 34.2. The van der Waals surface area contributed by atoms with E-state index in [0.29, 0.717) is 0 Å². The molecule has 2 N–H and O–H groups in total. The second-order valence-electron chi connectivity index (χ2n) is 13.6. The van der Waals surface area contributed by atoms with Gasteiger partial charge in [0.15, 0.2) is 22.7 Å². The van der Waals surface area contributed by atoms with Crippen molar-refractivity contribution in [3.05, 3.63) is 0 Å². The zero-order valence-corrected chi connectivity index (χ0v) is 29.4. The highest BCUT2D eigenvalue weighted by Crippen LogP contribution is 2.50. The fourth-order valence-corrected chi connectivity index (χ4v) is 8.16. The zero-order valence-electron chi connectivity index (χ0n) is 25.7. The second-order valence-corrected chi connectivity index (χ2v) is 25.8. The number of hydrogen-bond donors (Lipinski definition) is 2. The largest absolute Gasteiger partial charge is 0.695 e. The third-order valence-electron chi connectivity index (χ3n) is 8.34. The van der Waals surface area contributed by atoms with Crippen LogP contribution in [0, 0.1) is 0 Å². The lowest BCUT2D eigenvalue weighted by Gasteiger charge is -2.40. The fourth-order valence-electron chi connectivity index (χ4n) is 3.91. The molecule has 2 aliphatic heterocycles. The van der Waals surface area contributed by atoms with Gasteiger partial charge in [0, 0.05) is 23.2 Å². The van der Waals surface area contributed by atoms with Gasteiger partial charge in [-0.2, -0.15) is 0 Å². The molecule has 11 nitrogen and oxygen atoms in total. The molecule has 10 atom stereocenters. The molecule has 0 spiro atoms. The first-order chi connectivity index (χ1) is 17.9. The van der Waals surface area contributed by atoms with Gasteiger partial charge in [0.25, 0.3) is 0 Å². The molecule has 2 heterocycles. The number of ether oxygens (including phenoxy) is 2. The highest BCUT2D eigenvalue weighted by atomic mass is 31.2. The van der Waals surface area contributed by atoms with Gasteiger partial charge in [-0.25, -0.2) is 0 Å². The Morgan fingerprint density at radius 2 is 1.27 bits per heavy atom. The molecule has 0 saturated carbocycles. The predicted octanol–water partition coefficient (Wildman–Crippen LogP) is 3.81. The van der Waals surface area contributed by atoms with Crippen molar-refractivity contribution in [2.75, 3.05) is 19.9 Å². The molecule has 2 rings (SSSR count). The van der Waals surface area contributed by atoms with Gasteiger partial charge in [-0.3, -0.25) is 9.09 Å². The third kappa shape index (κ3) is 9.03. The Bertz CT molecular complexity index is 931. The van der Waals surface area contributed by atoms with E-state index in [9.17, 15) is 19.1 Å². The van der Waals surface area contributed by atoms with Gasteiger partial charge < -0.3 is 28.0 Å². The summed E-state index contributed by atoms with van der Waals surface area (Å²) in [5, 5.41) is 9.59. The van der Waals surface area contributed by atoms with Gasteiger partial charge >= 0.3 is 15.9 Å². The van der Waals surface area contributed by atoms with Crippen LogP contribution in [0.25, 0.3) is 0 Å². The minimum absolute atomic E-state index is 0.148. The summed E-state index contributed by atoms with van der Waals surface area (Å²) < 4.78 is 66.4. The average Bonchev–Trinajstić information content (AvgIpc) is 3.20. The van der Waals surface area contributed by atoms with Crippen molar-refractivity contribution in [3.8, 4) is 0 Å². The van der Waals surface area contributed by atoms with Crippen LogP contribution in [0.3, 0.4) is 0 Å². The maximum absolute atomic E-state index is 13.5. The van der Waals surface area contributed by atoms with Gasteiger partial charge in [-0.05, 0) is 36.3 Å². The Labute approximate surface area is 245 Å². The van der Waals surface area contributed by atoms with E-state index < -0.39 is 87.7 Å². The topological polar surface area (TPSA) is 139 Å². The van der Waals surface area contributed by atoms with Crippen molar-refractivity contribution < 1.29 is 51.0 Å². The van der Waals surface area contributed by atoms with E-state index in [4.69, 9.17) is 47.6 Å². The molecular formula is C23H47B2O11P2Si2+. The molecule has 0 bridgehead atoms. The average molecular weight is 639 g/mol. The van der Waals surface area contributed by atoms with Gasteiger partial charge in [0.1, 0.15) is 34.0 Å². The van der Waals surface area contributed by atoms with Crippen LogP contribution in [-0.2, 0) is 41.0 Å². The molecule has 4 unspecified atom stereocenters. The summed E-state index contributed by atoms with van der Waals surface area (Å²) in [4.78, 5) is 9.54. The smallest absolute Gasteiger partial charge is 0.409 e. The van der Waals surface area contributed by atoms with Crippen LogP contribution < -0.4 is 0 Å². The van der Waals surface area contributed by atoms with E-state index in [1.54, 1.807) is 0 Å². The Hall–Kier alpha value is 0.534. The monoisotopic (exact) mass is 639 g/mol. The van der Waals surface area contributed by atoms with Crippen molar-refractivity contribution in [2.45, 2.75) is 126 Å². The Balaban J connectivity index is 2.19. The van der Waals surface area contributed by atoms with E-state index in [1.165, 1.54) is 6.66 Å². The molecule has 0 aromatic rings. The first-order valence-corrected chi connectivity index (χ1v) is 22.4. The van der Waals surface area contributed by atoms with Crippen molar-refractivity contribution in [1.29, 1.82) is 0 Å². The fraction of sp³-hybridized carbons (Fsp3) is 1.00. The molecule has 0 aromatic heterocycles. The van der Waals surface area contributed by atoms with Crippen LogP contribution in [0.15, 0.2) is 0 Å². The Kier molecular flexibility index (Phi) is 12.2. The van der Waals surface area contributed by atoms with Crippen LogP contribution >= 0.6 is 15.9 Å². The van der Waals surface area contributed by atoms with Crippen LogP contribution in [0.4, 0.5) is 0 Å². The lowest BCUT2D eigenvalue weighted by molar-refractivity contribution is -0.0165. The molecule has 2 fully saturated rings. The molecule has 0 amide bonds. The highest BCUT2D eigenvalue weighted by Gasteiger charge is 2.54. The third-order valence-corrected chi connectivity index (χ3v) is 19.0. The van der Waals surface area contributed by atoms with Crippen molar-refractivity contribution in [2.24, 2.45) is 0 Å². The van der Waals surface area contributed by atoms with Crippen LogP contribution in [-0.4, -0.2) is 111 Å². The van der Waals surface area contributed by atoms with Crippen molar-refractivity contribution >= 4 is 48.2 Å². The van der Waals surface area contributed by atoms with Crippen LogP contribution in [0.1, 0.15) is 41.5 Å². The standard InChI is InChI=1S/C23H46B2O11P2Si2/c1-22(2,3)39(8,9)35-18-16(33-37(27)28)15(32-20(18)24)13-30-38(7,29)34-17-14(12-26)31-21(25)19(17)36-40(10,11)23(4,5)6/h14-21,26H,12-13H2,1-11H3/p+1/t14-,15-,16?,17?,18+,19+,20-,21-,38?/m1/s1. The summed E-state index contributed by atoms with van der Waals surface area (Å²) >= 11 is 0. The minimum Gasteiger partial charge on any atom is -0.409 e. The number of aliphatic hydroxyl groups is 1. The highest BCUT2D eigenvalue weighted by molar-refractivity contribution is 7.53. The number of aliphatic hydroxyl groups excluding tert-OH is 1. The predicted molar refractivity (Wildman–Crippen MR) is 159 cm³/mol. The maximum Gasteiger partial charge on any atom is 0.695 e. The van der Waals surface area contributed by atoms with E-state index in [0.717, 1.165) is 0 Å². The van der Waals surface area contributed by atoms with Crippen LogP contribution in [0.2, 0.25) is 36.3 Å². The molecule has 0 aromatic carbocycles. The summed E-state index contributed by atoms with van der Waals surface area (Å²) in [7, 11) is 0.823. The molecule has 2 aliphatic rings. The summed E-state index contributed by atoms with van der Waals surface area (Å²) in [6.45, 7) is 21.0. The lowest BCUT2D eigenvalue weighted by atomic mass is 9.93. The zero-order chi connectivity index (χ0) is 31.1. The van der Waals surface area contributed by atoms with Gasteiger partial charge in [0.2, 0.25) is 0 Å². The molecule has 0 aliphatic carbocycles. The maximum atomic E-state index is 13.5. The Morgan fingerprint density at radius 1 is 0.850 bits per heavy atom. The number of hydrogen-bond acceptors (Lipinski definition) is 10. The van der Waals surface area contributed by atoms with Gasteiger partial charge in [-0.15, -0.1) is 9.42 Å². The van der Waals surface area contributed by atoms with Gasteiger partial charge in [-0.1, -0.05) is 41.5 Å². The summed E-state index contributed by atoms with van der Waals surface area (Å²) in [5.41, 5.74) is 0. The minimum atomic E-state index is -3.84. The van der Waals surface area contributed by atoms with Crippen molar-refractivity contribution in [1.82, 2.24) is 0 Å². The Morgan fingerprint density at radius 3 is 1.68 bits per heavy atom. The summed E-state index contributed by atoms with van der Waals surface area (Å²) in [5.74, 6) is 0. The quantitative estimate of drug-likeness (QED) is 0.238. The first kappa shape index (κ1) is 36.7. The van der Waals surface area contributed by atoms with Crippen LogP contribution in [0.5, 0.6) is 0 Å². The SMILES string of the molecule is [B][C@@H]1O[C@H](COP(C)(=O)OC2[C@@H](CO)O[C@@H]([B])[C@H]2O[Si](C)(C)C(C)(C)C)C(O[P+](=O)O)[C@@H]1O[Si](C)(C)C(C)(C)C. The van der Waals surface area contributed by atoms with Gasteiger partial charge in [0.05, 0.1) is 25.4 Å². The van der Waals surface area contributed by atoms with E-state index >= 15 is 0 Å².